The first-order valence-corrected chi connectivity index (χ1v) is 7.10. The van der Waals surface area contributed by atoms with Gasteiger partial charge in [-0.2, -0.15) is 5.26 Å². The number of H-pyrrole nitrogens is 1. The number of hydrogen-bond acceptors (Lipinski definition) is 3. The molecular formula is C16H13N3S. The van der Waals surface area contributed by atoms with Gasteiger partial charge in [0.25, 0.3) is 0 Å². The first kappa shape index (κ1) is 12.6. The van der Waals surface area contributed by atoms with Crippen molar-refractivity contribution >= 4 is 28.5 Å². The molecule has 0 fully saturated rings. The van der Waals surface area contributed by atoms with Crippen molar-refractivity contribution in [2.75, 3.05) is 4.72 Å². The molecule has 1 heterocycles. The highest BCUT2D eigenvalue weighted by atomic mass is 32.2. The number of fused-ring (bicyclic) bond motifs is 1. The molecule has 0 unspecified atom stereocenters. The van der Waals surface area contributed by atoms with E-state index in [0.29, 0.717) is 5.56 Å². The highest BCUT2D eigenvalue weighted by molar-refractivity contribution is 8.00. The summed E-state index contributed by atoms with van der Waals surface area (Å²) in [6.07, 6.45) is 1.76. The van der Waals surface area contributed by atoms with Crippen LogP contribution in [-0.4, -0.2) is 4.98 Å². The van der Waals surface area contributed by atoms with E-state index in [1.54, 1.807) is 18.1 Å². The van der Waals surface area contributed by atoms with Crippen molar-refractivity contribution in [3.05, 3.63) is 59.8 Å². The van der Waals surface area contributed by atoms with E-state index in [1.165, 1.54) is 0 Å². The van der Waals surface area contributed by atoms with Crippen molar-refractivity contribution in [3.63, 3.8) is 0 Å². The van der Waals surface area contributed by atoms with Gasteiger partial charge in [-0.05, 0) is 42.6 Å². The minimum absolute atomic E-state index is 0.686. The van der Waals surface area contributed by atoms with Gasteiger partial charge >= 0.3 is 0 Å². The van der Waals surface area contributed by atoms with E-state index in [-0.39, 0.29) is 0 Å². The number of nitriles is 1. The number of rotatable bonds is 3. The second kappa shape index (κ2) is 5.32. The van der Waals surface area contributed by atoms with Crippen molar-refractivity contribution in [3.8, 4) is 6.07 Å². The van der Waals surface area contributed by atoms with Gasteiger partial charge in [0.1, 0.15) is 6.07 Å². The Balaban J connectivity index is 1.95. The number of benzene rings is 2. The molecule has 2 N–H and O–H groups in total. The molecule has 0 aliphatic heterocycles. The number of nitrogens with zero attached hydrogens (tertiary/aromatic N) is 1. The summed E-state index contributed by atoms with van der Waals surface area (Å²) in [6, 6.07) is 16.4. The Kier molecular flexibility index (Phi) is 3.36. The van der Waals surface area contributed by atoms with E-state index in [4.69, 9.17) is 5.26 Å². The number of aromatic amines is 1. The van der Waals surface area contributed by atoms with Crippen LogP contribution in [0.2, 0.25) is 0 Å². The summed E-state index contributed by atoms with van der Waals surface area (Å²) < 4.78 is 3.34. The van der Waals surface area contributed by atoms with E-state index in [2.05, 4.69) is 27.9 Å². The minimum Gasteiger partial charge on any atom is -0.358 e. The summed E-state index contributed by atoms with van der Waals surface area (Å²) in [5.74, 6) is 0. The molecule has 98 valence electrons. The Morgan fingerprint density at radius 3 is 2.70 bits per heavy atom. The molecule has 0 aliphatic rings. The van der Waals surface area contributed by atoms with Crippen LogP contribution in [0.3, 0.4) is 0 Å². The van der Waals surface area contributed by atoms with Crippen LogP contribution in [0.5, 0.6) is 0 Å². The maximum absolute atomic E-state index is 9.15. The summed E-state index contributed by atoms with van der Waals surface area (Å²) in [5, 5.41) is 10.1. The first-order chi connectivity index (χ1) is 9.79. The van der Waals surface area contributed by atoms with Gasteiger partial charge in [-0.15, -0.1) is 0 Å². The molecular weight excluding hydrogens is 266 g/mol. The van der Waals surface area contributed by atoms with Gasteiger partial charge in [0, 0.05) is 16.5 Å². The zero-order valence-corrected chi connectivity index (χ0v) is 11.8. The van der Waals surface area contributed by atoms with E-state index < -0.39 is 0 Å². The smallest absolute Gasteiger partial charge is 0.101 e. The minimum atomic E-state index is 0.686. The quantitative estimate of drug-likeness (QED) is 0.696. The van der Waals surface area contributed by atoms with Crippen LogP contribution < -0.4 is 4.72 Å². The Labute approximate surface area is 121 Å². The second-order valence-electron chi connectivity index (χ2n) is 4.51. The van der Waals surface area contributed by atoms with Crippen LogP contribution in [-0.2, 0) is 0 Å². The lowest BCUT2D eigenvalue weighted by Gasteiger charge is -2.08. The molecule has 3 rings (SSSR count). The lowest BCUT2D eigenvalue weighted by Crippen LogP contribution is -1.89. The average Bonchev–Trinajstić information content (AvgIpc) is 2.93. The molecule has 0 spiro atoms. The number of aromatic nitrogens is 1. The third kappa shape index (κ3) is 2.24. The molecule has 3 aromatic rings. The van der Waals surface area contributed by atoms with Crippen LogP contribution in [0.4, 0.5) is 5.69 Å². The highest BCUT2D eigenvalue weighted by Crippen LogP contribution is 2.31. The number of anilines is 1. The third-order valence-corrected chi connectivity index (χ3v) is 4.02. The van der Waals surface area contributed by atoms with E-state index in [1.807, 2.05) is 37.3 Å². The predicted octanol–water partition coefficient (Wildman–Crippen LogP) is 4.47. The molecule has 0 bridgehead atoms. The molecule has 4 heteroatoms. The van der Waals surface area contributed by atoms with Crippen LogP contribution in [0.1, 0.15) is 11.1 Å². The van der Waals surface area contributed by atoms with Crippen LogP contribution in [0.15, 0.2) is 53.6 Å². The molecule has 0 aliphatic carbocycles. The molecule has 0 radical (unpaired) electrons. The molecule has 0 saturated carbocycles. The van der Waals surface area contributed by atoms with Crippen molar-refractivity contribution in [1.82, 2.24) is 4.98 Å². The lowest BCUT2D eigenvalue weighted by atomic mass is 10.1. The van der Waals surface area contributed by atoms with E-state index in [0.717, 1.165) is 27.0 Å². The van der Waals surface area contributed by atoms with Crippen LogP contribution >= 0.6 is 11.9 Å². The summed E-state index contributed by atoms with van der Waals surface area (Å²) in [7, 11) is 0. The first-order valence-electron chi connectivity index (χ1n) is 6.28. The molecule has 0 atom stereocenters. The van der Waals surface area contributed by atoms with Gasteiger partial charge in [0.05, 0.1) is 16.8 Å². The maximum atomic E-state index is 9.15. The molecule has 1 aromatic heterocycles. The normalized spacial score (nSPS) is 10.4. The van der Waals surface area contributed by atoms with Gasteiger partial charge in [-0.3, -0.25) is 0 Å². The maximum Gasteiger partial charge on any atom is 0.101 e. The number of aryl methyl sites for hydroxylation is 1. The van der Waals surface area contributed by atoms with Crippen molar-refractivity contribution in [1.29, 1.82) is 5.26 Å². The largest absolute Gasteiger partial charge is 0.358 e. The molecule has 3 nitrogen and oxygen atoms in total. The van der Waals surface area contributed by atoms with Crippen molar-refractivity contribution in [2.45, 2.75) is 11.8 Å². The number of nitrogens with one attached hydrogen (secondary N) is 2. The summed E-state index contributed by atoms with van der Waals surface area (Å²) >= 11 is 1.56. The van der Waals surface area contributed by atoms with Gasteiger partial charge < -0.3 is 9.71 Å². The zero-order valence-electron chi connectivity index (χ0n) is 11.0. The average molecular weight is 279 g/mol. The zero-order chi connectivity index (χ0) is 13.9. The third-order valence-electron chi connectivity index (χ3n) is 3.19. The number of hydrogen-bond donors (Lipinski definition) is 2. The van der Waals surface area contributed by atoms with Gasteiger partial charge in [-0.1, -0.05) is 24.3 Å². The summed E-state index contributed by atoms with van der Waals surface area (Å²) in [4.78, 5) is 4.33. The molecule has 20 heavy (non-hydrogen) atoms. The standard InChI is InChI=1S/C16H13N3S/c1-11-7-8-14(16-15(11)12(9-17)10-18-16)19-20-13-5-3-2-4-6-13/h2-8,10,18-19H,1H3. The second-order valence-corrected chi connectivity index (χ2v) is 5.39. The highest BCUT2D eigenvalue weighted by Gasteiger charge is 2.10. The summed E-state index contributed by atoms with van der Waals surface area (Å²) in [5.41, 5.74) is 3.75. The summed E-state index contributed by atoms with van der Waals surface area (Å²) in [6.45, 7) is 2.02. The van der Waals surface area contributed by atoms with E-state index >= 15 is 0 Å². The predicted molar refractivity (Wildman–Crippen MR) is 83.7 cm³/mol. The van der Waals surface area contributed by atoms with Gasteiger partial charge in [0.2, 0.25) is 0 Å². The molecule has 2 aromatic carbocycles. The SMILES string of the molecule is Cc1ccc(NSc2ccccc2)c2[nH]cc(C#N)c12. The van der Waals surface area contributed by atoms with Gasteiger partial charge in [-0.25, -0.2) is 0 Å². The Morgan fingerprint density at radius 1 is 1.15 bits per heavy atom. The van der Waals surface area contributed by atoms with Crippen molar-refractivity contribution in [2.24, 2.45) is 0 Å². The monoisotopic (exact) mass is 279 g/mol. The topological polar surface area (TPSA) is 51.6 Å². The molecule has 0 amide bonds. The lowest BCUT2D eigenvalue weighted by molar-refractivity contribution is 1.44. The van der Waals surface area contributed by atoms with E-state index in [9.17, 15) is 0 Å². The fourth-order valence-corrected chi connectivity index (χ4v) is 2.89. The Morgan fingerprint density at radius 2 is 1.95 bits per heavy atom. The molecule has 0 saturated heterocycles. The van der Waals surface area contributed by atoms with Crippen molar-refractivity contribution < 1.29 is 0 Å². The van der Waals surface area contributed by atoms with Crippen LogP contribution in [0.25, 0.3) is 10.9 Å². The Bertz CT molecular complexity index is 785. The Hall–Kier alpha value is -2.38. The fourth-order valence-electron chi connectivity index (χ4n) is 2.20. The van der Waals surface area contributed by atoms with Crippen LogP contribution in [0, 0.1) is 18.3 Å². The van der Waals surface area contributed by atoms with Gasteiger partial charge in [0.15, 0.2) is 0 Å². The fraction of sp³-hybridized carbons (Fsp3) is 0.0625.